The summed E-state index contributed by atoms with van der Waals surface area (Å²) in [6.07, 6.45) is 1.90. The summed E-state index contributed by atoms with van der Waals surface area (Å²) in [6.45, 7) is 2.20. The average molecular weight is 345 g/mol. The first-order chi connectivity index (χ1) is 12.1. The molecule has 1 aromatic heterocycles. The summed E-state index contributed by atoms with van der Waals surface area (Å²) in [6, 6.07) is 9.64. The van der Waals surface area contributed by atoms with Gasteiger partial charge in [0.1, 0.15) is 5.82 Å². The molecule has 0 bridgehead atoms. The van der Waals surface area contributed by atoms with Crippen LogP contribution in [0.2, 0.25) is 0 Å². The van der Waals surface area contributed by atoms with E-state index in [1.165, 1.54) is 12.3 Å². The Hall–Kier alpha value is -2.83. The molecule has 0 radical (unpaired) electrons. The highest BCUT2D eigenvalue weighted by molar-refractivity contribution is 5.91. The second kappa shape index (κ2) is 7.83. The summed E-state index contributed by atoms with van der Waals surface area (Å²) in [5.41, 5.74) is 0.580. The SMILES string of the molecule is O=C(NCCc1ccccc1F)N1CCN(C(=O)c2ccco2)CC1. The first kappa shape index (κ1) is 17.0. The van der Waals surface area contributed by atoms with E-state index in [2.05, 4.69) is 5.32 Å². The summed E-state index contributed by atoms with van der Waals surface area (Å²) in [7, 11) is 0. The maximum Gasteiger partial charge on any atom is 0.317 e. The molecule has 1 aromatic carbocycles. The number of benzene rings is 1. The van der Waals surface area contributed by atoms with E-state index in [1.807, 2.05) is 0 Å². The number of urea groups is 1. The van der Waals surface area contributed by atoms with Gasteiger partial charge in [-0.1, -0.05) is 18.2 Å². The van der Waals surface area contributed by atoms with Crippen molar-refractivity contribution >= 4 is 11.9 Å². The van der Waals surface area contributed by atoms with Gasteiger partial charge in [-0.2, -0.15) is 0 Å². The van der Waals surface area contributed by atoms with Crippen LogP contribution < -0.4 is 5.32 Å². The Balaban J connectivity index is 1.42. The van der Waals surface area contributed by atoms with Crippen molar-refractivity contribution in [1.82, 2.24) is 15.1 Å². The lowest BCUT2D eigenvalue weighted by Crippen LogP contribution is -2.53. The van der Waals surface area contributed by atoms with Gasteiger partial charge in [0.15, 0.2) is 5.76 Å². The smallest absolute Gasteiger partial charge is 0.317 e. The van der Waals surface area contributed by atoms with Crippen molar-refractivity contribution in [2.24, 2.45) is 0 Å². The Kier molecular flexibility index (Phi) is 5.33. The molecule has 1 saturated heterocycles. The molecule has 2 heterocycles. The maximum atomic E-state index is 13.5. The molecule has 1 fully saturated rings. The van der Waals surface area contributed by atoms with Crippen LogP contribution in [0.25, 0.3) is 0 Å². The molecule has 1 aliphatic heterocycles. The third-order valence-electron chi connectivity index (χ3n) is 4.21. The largest absolute Gasteiger partial charge is 0.459 e. The Bertz CT molecular complexity index is 725. The van der Waals surface area contributed by atoms with Gasteiger partial charge in [-0.05, 0) is 30.2 Å². The molecular weight excluding hydrogens is 325 g/mol. The molecule has 132 valence electrons. The fraction of sp³-hybridized carbons (Fsp3) is 0.333. The summed E-state index contributed by atoms with van der Waals surface area (Å²) in [5, 5.41) is 2.80. The van der Waals surface area contributed by atoms with Gasteiger partial charge in [0.25, 0.3) is 5.91 Å². The highest BCUT2D eigenvalue weighted by atomic mass is 19.1. The molecular formula is C18H20FN3O3. The van der Waals surface area contributed by atoms with E-state index in [0.717, 1.165) is 0 Å². The van der Waals surface area contributed by atoms with Crippen molar-refractivity contribution in [3.63, 3.8) is 0 Å². The Morgan fingerprint density at radius 1 is 1.04 bits per heavy atom. The molecule has 2 aromatic rings. The van der Waals surface area contributed by atoms with Crippen LogP contribution >= 0.6 is 0 Å². The number of nitrogens with one attached hydrogen (secondary N) is 1. The number of carbonyl (C=O) groups is 2. The summed E-state index contributed by atoms with van der Waals surface area (Å²) in [4.78, 5) is 27.7. The van der Waals surface area contributed by atoms with Crippen molar-refractivity contribution in [2.45, 2.75) is 6.42 Å². The van der Waals surface area contributed by atoms with E-state index in [9.17, 15) is 14.0 Å². The monoisotopic (exact) mass is 345 g/mol. The van der Waals surface area contributed by atoms with Crippen LogP contribution in [0.4, 0.5) is 9.18 Å². The molecule has 3 amide bonds. The number of furan rings is 1. The lowest BCUT2D eigenvalue weighted by Gasteiger charge is -2.34. The van der Waals surface area contributed by atoms with Crippen LogP contribution in [0.15, 0.2) is 47.1 Å². The minimum Gasteiger partial charge on any atom is -0.459 e. The summed E-state index contributed by atoms with van der Waals surface area (Å²) < 4.78 is 18.6. The quantitative estimate of drug-likeness (QED) is 0.923. The third kappa shape index (κ3) is 4.17. The van der Waals surface area contributed by atoms with Gasteiger partial charge in [-0.3, -0.25) is 4.79 Å². The summed E-state index contributed by atoms with van der Waals surface area (Å²) >= 11 is 0. The molecule has 0 spiro atoms. The number of amides is 3. The van der Waals surface area contributed by atoms with Gasteiger partial charge in [0.2, 0.25) is 0 Å². The number of halogens is 1. The fourth-order valence-corrected chi connectivity index (χ4v) is 2.79. The van der Waals surface area contributed by atoms with Crippen LogP contribution in [0, 0.1) is 5.82 Å². The summed E-state index contributed by atoms with van der Waals surface area (Å²) in [5.74, 6) is -0.116. The maximum absolute atomic E-state index is 13.5. The number of rotatable bonds is 4. The zero-order chi connectivity index (χ0) is 17.6. The third-order valence-corrected chi connectivity index (χ3v) is 4.21. The molecule has 3 rings (SSSR count). The van der Waals surface area contributed by atoms with Crippen LogP contribution in [0.3, 0.4) is 0 Å². The highest BCUT2D eigenvalue weighted by Crippen LogP contribution is 2.10. The molecule has 0 saturated carbocycles. The minimum atomic E-state index is -0.262. The molecule has 7 heteroatoms. The standard InChI is InChI=1S/C18H20FN3O3/c19-15-5-2-1-4-14(15)7-8-20-18(24)22-11-9-21(10-12-22)17(23)16-6-3-13-25-16/h1-6,13H,7-12H2,(H,20,24). The van der Waals surface area contributed by atoms with E-state index >= 15 is 0 Å². The van der Waals surface area contributed by atoms with Crippen molar-refractivity contribution in [3.05, 3.63) is 59.8 Å². The number of hydrogen-bond donors (Lipinski definition) is 1. The van der Waals surface area contributed by atoms with Gasteiger partial charge in [0.05, 0.1) is 6.26 Å². The second-order valence-corrected chi connectivity index (χ2v) is 5.83. The predicted molar refractivity (Wildman–Crippen MR) is 89.7 cm³/mol. The van der Waals surface area contributed by atoms with Gasteiger partial charge >= 0.3 is 6.03 Å². The normalized spacial score (nSPS) is 14.4. The molecule has 1 aliphatic rings. The van der Waals surface area contributed by atoms with Gasteiger partial charge in [0, 0.05) is 32.7 Å². The van der Waals surface area contributed by atoms with Crippen LogP contribution in [-0.2, 0) is 6.42 Å². The Labute approximate surface area is 145 Å². The minimum absolute atomic E-state index is 0.162. The highest BCUT2D eigenvalue weighted by Gasteiger charge is 2.25. The lowest BCUT2D eigenvalue weighted by molar-refractivity contribution is 0.0634. The van der Waals surface area contributed by atoms with E-state index in [1.54, 1.807) is 40.1 Å². The van der Waals surface area contributed by atoms with Crippen molar-refractivity contribution < 1.29 is 18.4 Å². The Morgan fingerprint density at radius 2 is 1.76 bits per heavy atom. The second-order valence-electron chi connectivity index (χ2n) is 5.83. The number of carbonyl (C=O) groups excluding carboxylic acids is 2. The number of piperazine rings is 1. The fourth-order valence-electron chi connectivity index (χ4n) is 2.79. The van der Waals surface area contributed by atoms with Gasteiger partial charge in [-0.25, -0.2) is 9.18 Å². The zero-order valence-corrected chi connectivity index (χ0v) is 13.8. The van der Waals surface area contributed by atoms with Crippen LogP contribution in [0.5, 0.6) is 0 Å². The zero-order valence-electron chi connectivity index (χ0n) is 13.8. The molecule has 0 atom stereocenters. The molecule has 0 unspecified atom stereocenters. The van der Waals surface area contributed by atoms with E-state index in [4.69, 9.17) is 4.42 Å². The van der Waals surface area contributed by atoms with E-state index in [-0.39, 0.29) is 17.8 Å². The Morgan fingerprint density at radius 3 is 2.44 bits per heavy atom. The van der Waals surface area contributed by atoms with Crippen molar-refractivity contribution in [2.75, 3.05) is 32.7 Å². The van der Waals surface area contributed by atoms with Crippen LogP contribution in [0.1, 0.15) is 16.1 Å². The number of nitrogens with zero attached hydrogens (tertiary/aromatic N) is 2. The first-order valence-electron chi connectivity index (χ1n) is 8.24. The van der Waals surface area contributed by atoms with E-state index < -0.39 is 0 Å². The van der Waals surface area contributed by atoms with Gasteiger partial charge in [-0.15, -0.1) is 0 Å². The van der Waals surface area contributed by atoms with Gasteiger partial charge < -0.3 is 19.5 Å². The molecule has 6 nitrogen and oxygen atoms in total. The van der Waals surface area contributed by atoms with Crippen LogP contribution in [-0.4, -0.2) is 54.5 Å². The molecule has 25 heavy (non-hydrogen) atoms. The molecule has 0 aliphatic carbocycles. The number of hydrogen-bond acceptors (Lipinski definition) is 3. The first-order valence-corrected chi connectivity index (χ1v) is 8.24. The van der Waals surface area contributed by atoms with E-state index in [0.29, 0.717) is 50.5 Å². The lowest BCUT2D eigenvalue weighted by atomic mass is 10.1. The van der Waals surface area contributed by atoms with Crippen molar-refractivity contribution in [1.29, 1.82) is 0 Å². The topological polar surface area (TPSA) is 65.8 Å². The molecule has 1 N–H and O–H groups in total. The predicted octanol–water partition coefficient (Wildman–Crippen LogP) is 2.13. The van der Waals surface area contributed by atoms with Crippen molar-refractivity contribution in [3.8, 4) is 0 Å². The average Bonchev–Trinajstić information content (AvgIpc) is 3.17.